The molecule has 0 bridgehead atoms. The molecule has 3 rings (SSSR count). The van der Waals surface area contributed by atoms with Gasteiger partial charge < -0.3 is 14.5 Å². The van der Waals surface area contributed by atoms with Crippen molar-refractivity contribution < 1.29 is 9.53 Å². The molecule has 2 fully saturated rings. The third-order valence-electron chi connectivity index (χ3n) is 6.10. The molecule has 0 aliphatic carbocycles. The average molecular weight is 344 g/mol. The minimum Gasteiger partial charge on any atom is -0.373 e. The highest BCUT2D eigenvalue weighted by Gasteiger charge is 2.37. The highest BCUT2D eigenvalue weighted by atomic mass is 16.5. The van der Waals surface area contributed by atoms with E-state index in [2.05, 4.69) is 36.2 Å². The zero-order valence-electron chi connectivity index (χ0n) is 15.7. The van der Waals surface area contributed by atoms with Gasteiger partial charge in [0.15, 0.2) is 0 Å². The molecule has 0 spiro atoms. The molecule has 0 unspecified atom stereocenters. The molecule has 138 valence electrons. The van der Waals surface area contributed by atoms with Crippen LogP contribution in [0.15, 0.2) is 30.3 Å². The van der Waals surface area contributed by atoms with Crippen LogP contribution < -0.4 is 0 Å². The fourth-order valence-corrected chi connectivity index (χ4v) is 4.46. The second-order valence-corrected chi connectivity index (χ2v) is 7.75. The lowest BCUT2D eigenvalue weighted by atomic mass is 9.84. The lowest BCUT2D eigenvalue weighted by Crippen LogP contribution is -2.46. The number of nitrogens with zero attached hydrogens (tertiary/aromatic N) is 2. The van der Waals surface area contributed by atoms with Gasteiger partial charge in [0.2, 0.25) is 5.91 Å². The van der Waals surface area contributed by atoms with Crippen molar-refractivity contribution in [3.8, 4) is 0 Å². The number of hydrogen-bond donors (Lipinski definition) is 0. The third-order valence-corrected chi connectivity index (χ3v) is 6.10. The molecule has 4 nitrogen and oxygen atoms in total. The van der Waals surface area contributed by atoms with Crippen LogP contribution in [0.1, 0.15) is 44.1 Å². The largest absolute Gasteiger partial charge is 0.373 e. The van der Waals surface area contributed by atoms with E-state index >= 15 is 0 Å². The summed E-state index contributed by atoms with van der Waals surface area (Å²) in [5.41, 5.74) is 0.999. The highest BCUT2D eigenvalue weighted by Crippen LogP contribution is 2.36. The summed E-state index contributed by atoms with van der Waals surface area (Å²) in [6.45, 7) is 3.95. The fraction of sp³-hybridized carbons (Fsp3) is 0.667. The third kappa shape index (κ3) is 4.42. The monoisotopic (exact) mass is 344 g/mol. The summed E-state index contributed by atoms with van der Waals surface area (Å²) in [7, 11) is 3.98. The minimum absolute atomic E-state index is 0.232. The smallest absolute Gasteiger partial charge is 0.222 e. The van der Waals surface area contributed by atoms with Gasteiger partial charge in [-0.2, -0.15) is 0 Å². The molecule has 0 N–H and O–H groups in total. The zero-order valence-corrected chi connectivity index (χ0v) is 15.7. The van der Waals surface area contributed by atoms with Crippen LogP contribution in [-0.4, -0.2) is 56.0 Å². The van der Waals surface area contributed by atoms with Crippen molar-refractivity contribution in [3.05, 3.63) is 35.9 Å². The molecule has 2 aliphatic heterocycles. The lowest BCUT2D eigenvalue weighted by Gasteiger charge is -2.41. The van der Waals surface area contributed by atoms with Crippen molar-refractivity contribution in [2.75, 3.05) is 40.3 Å². The predicted molar refractivity (Wildman–Crippen MR) is 100 cm³/mol. The van der Waals surface area contributed by atoms with Crippen LogP contribution in [-0.2, 0) is 15.1 Å². The van der Waals surface area contributed by atoms with Crippen LogP contribution in [0.2, 0.25) is 0 Å². The maximum atomic E-state index is 12.6. The van der Waals surface area contributed by atoms with Gasteiger partial charge in [-0.1, -0.05) is 30.3 Å². The molecule has 2 aliphatic rings. The second kappa shape index (κ2) is 8.33. The molecule has 25 heavy (non-hydrogen) atoms. The topological polar surface area (TPSA) is 32.8 Å². The van der Waals surface area contributed by atoms with Crippen LogP contribution in [0, 0.1) is 5.92 Å². The first kappa shape index (κ1) is 18.4. The van der Waals surface area contributed by atoms with Gasteiger partial charge in [-0.25, -0.2) is 0 Å². The molecule has 4 heteroatoms. The Balaban J connectivity index is 1.50. The van der Waals surface area contributed by atoms with Crippen molar-refractivity contribution in [2.45, 2.75) is 44.1 Å². The summed E-state index contributed by atoms with van der Waals surface area (Å²) in [5, 5.41) is 0. The number of carbonyl (C=O) groups is 1. The van der Waals surface area contributed by atoms with Crippen molar-refractivity contribution in [1.29, 1.82) is 0 Å². The standard InChI is InChI=1S/C21H32N2O2/c1-22-14-6-7-18(17-22)10-11-20(24)23-15-12-21(25-2,13-16-23)19-8-4-3-5-9-19/h3-5,8-9,18H,6-7,10-17H2,1-2H3/t18-/m0/s1. The molecule has 1 atom stereocenters. The van der Waals surface area contributed by atoms with Gasteiger partial charge in [0.1, 0.15) is 0 Å². The Hall–Kier alpha value is -1.39. The Labute approximate surface area is 152 Å². The molecule has 0 aromatic heterocycles. The Bertz CT molecular complexity index is 552. The van der Waals surface area contributed by atoms with Crippen molar-refractivity contribution in [1.82, 2.24) is 9.80 Å². The van der Waals surface area contributed by atoms with Crippen molar-refractivity contribution in [2.24, 2.45) is 5.92 Å². The Morgan fingerprint density at radius 3 is 2.56 bits per heavy atom. The first-order valence-corrected chi connectivity index (χ1v) is 9.70. The summed E-state index contributed by atoms with van der Waals surface area (Å²) in [6, 6.07) is 10.4. The molecular formula is C21H32N2O2. The van der Waals surface area contributed by atoms with E-state index in [1.165, 1.54) is 24.9 Å². The average Bonchev–Trinajstić information content (AvgIpc) is 2.67. The van der Waals surface area contributed by atoms with E-state index in [1.54, 1.807) is 7.11 Å². The highest BCUT2D eigenvalue weighted by molar-refractivity contribution is 5.76. The van der Waals surface area contributed by atoms with Gasteiger partial charge >= 0.3 is 0 Å². The Kier molecular flexibility index (Phi) is 6.13. The van der Waals surface area contributed by atoms with E-state index in [4.69, 9.17) is 4.74 Å². The van der Waals surface area contributed by atoms with Gasteiger partial charge in [-0.3, -0.25) is 4.79 Å². The molecule has 0 saturated carbocycles. The van der Waals surface area contributed by atoms with E-state index in [-0.39, 0.29) is 5.60 Å². The maximum absolute atomic E-state index is 12.6. The van der Waals surface area contributed by atoms with Crippen molar-refractivity contribution in [3.63, 3.8) is 0 Å². The van der Waals surface area contributed by atoms with E-state index in [9.17, 15) is 4.79 Å². The molecule has 0 radical (unpaired) electrons. The number of methoxy groups -OCH3 is 1. The normalized spacial score (nSPS) is 24.2. The number of carbonyl (C=O) groups excluding carboxylic acids is 1. The molecule has 1 amide bonds. The second-order valence-electron chi connectivity index (χ2n) is 7.75. The lowest BCUT2D eigenvalue weighted by molar-refractivity contribution is -0.137. The van der Waals surface area contributed by atoms with Crippen molar-refractivity contribution >= 4 is 5.91 Å². The van der Waals surface area contributed by atoms with E-state index in [1.807, 2.05) is 11.0 Å². The first-order valence-electron chi connectivity index (χ1n) is 9.70. The van der Waals surface area contributed by atoms with E-state index in [0.717, 1.165) is 38.9 Å². The van der Waals surface area contributed by atoms with Gasteiger partial charge in [-0.15, -0.1) is 0 Å². The SMILES string of the molecule is COC1(c2ccccc2)CCN(C(=O)CC[C@@H]2CCCN(C)C2)CC1. The zero-order chi connectivity index (χ0) is 17.7. The minimum atomic E-state index is -0.232. The summed E-state index contributed by atoms with van der Waals surface area (Å²) < 4.78 is 5.92. The molecular weight excluding hydrogens is 312 g/mol. The van der Waals surface area contributed by atoms with Crippen LogP contribution >= 0.6 is 0 Å². The molecule has 2 heterocycles. The number of rotatable bonds is 5. The van der Waals surface area contributed by atoms with Crippen LogP contribution in [0.3, 0.4) is 0 Å². The van der Waals surface area contributed by atoms with E-state index in [0.29, 0.717) is 18.2 Å². The first-order chi connectivity index (χ1) is 12.1. The number of benzene rings is 1. The quantitative estimate of drug-likeness (QED) is 0.822. The predicted octanol–water partition coefficient (Wildman–Crippen LogP) is 3.27. The maximum Gasteiger partial charge on any atom is 0.222 e. The van der Waals surface area contributed by atoms with Crippen LogP contribution in [0.4, 0.5) is 0 Å². The van der Waals surface area contributed by atoms with Gasteiger partial charge in [0, 0.05) is 33.2 Å². The number of hydrogen-bond acceptors (Lipinski definition) is 3. The Morgan fingerprint density at radius 1 is 1.20 bits per heavy atom. The van der Waals surface area contributed by atoms with Crippen LogP contribution in [0.25, 0.3) is 0 Å². The number of amides is 1. The van der Waals surface area contributed by atoms with Crippen LogP contribution in [0.5, 0.6) is 0 Å². The summed E-state index contributed by atoms with van der Waals surface area (Å²) in [6.07, 6.45) is 6.04. The fourth-order valence-electron chi connectivity index (χ4n) is 4.46. The number of piperidine rings is 2. The molecule has 1 aromatic rings. The van der Waals surface area contributed by atoms with E-state index < -0.39 is 0 Å². The summed E-state index contributed by atoms with van der Waals surface area (Å²) in [4.78, 5) is 17.1. The Morgan fingerprint density at radius 2 is 1.92 bits per heavy atom. The summed E-state index contributed by atoms with van der Waals surface area (Å²) >= 11 is 0. The van der Waals surface area contributed by atoms with Gasteiger partial charge in [0.25, 0.3) is 0 Å². The molecule has 2 saturated heterocycles. The van der Waals surface area contributed by atoms with Gasteiger partial charge in [0.05, 0.1) is 5.60 Å². The number of likely N-dealkylation sites (tertiary alicyclic amines) is 2. The van der Waals surface area contributed by atoms with Gasteiger partial charge in [-0.05, 0) is 57.2 Å². The summed E-state index contributed by atoms with van der Waals surface area (Å²) in [5.74, 6) is 1.01. The molecule has 1 aromatic carbocycles. The number of ether oxygens (including phenoxy) is 1.